The van der Waals surface area contributed by atoms with Crippen molar-refractivity contribution in [1.29, 1.82) is 0 Å². The van der Waals surface area contributed by atoms with Crippen LogP contribution in [0.1, 0.15) is 33.6 Å². The zero-order chi connectivity index (χ0) is 16.1. The molecule has 0 spiro atoms. The van der Waals surface area contributed by atoms with Gasteiger partial charge in [0.15, 0.2) is 11.2 Å². The fraction of sp³-hybridized carbons (Fsp3) is 0.667. The fourth-order valence-corrected chi connectivity index (χ4v) is 3.79. The summed E-state index contributed by atoms with van der Waals surface area (Å²) >= 11 is 0. The predicted octanol–water partition coefficient (Wildman–Crippen LogP) is 1.13. The van der Waals surface area contributed by atoms with E-state index >= 15 is 0 Å². The van der Waals surface area contributed by atoms with Crippen LogP contribution in [-0.2, 0) is 6.54 Å². The number of rotatable bonds is 4. The number of aromatic amines is 1. The predicted molar refractivity (Wildman–Crippen MR) is 84.2 cm³/mol. The molecule has 2 aromatic rings. The van der Waals surface area contributed by atoms with E-state index in [4.69, 9.17) is 5.73 Å². The maximum Gasteiger partial charge on any atom is 0.280 e. The summed E-state index contributed by atoms with van der Waals surface area (Å²) in [6.07, 6.45) is 3.38. The molecule has 4 N–H and O–H groups in total. The van der Waals surface area contributed by atoms with Crippen molar-refractivity contribution in [3.05, 3.63) is 16.7 Å². The first-order valence-corrected chi connectivity index (χ1v) is 7.69. The van der Waals surface area contributed by atoms with Crippen LogP contribution in [0.4, 0.5) is 5.95 Å². The van der Waals surface area contributed by atoms with Crippen LogP contribution < -0.4 is 11.3 Å². The van der Waals surface area contributed by atoms with Crippen LogP contribution in [0.25, 0.3) is 11.2 Å². The van der Waals surface area contributed by atoms with Crippen molar-refractivity contribution >= 4 is 17.1 Å². The van der Waals surface area contributed by atoms with Crippen molar-refractivity contribution in [1.82, 2.24) is 19.5 Å². The SMILES string of the molecule is C[C@@H](O)[C@@H]1C[C@H](CCn2cnc3c(=O)[nH]c(N)nc32)C1(C)C. The van der Waals surface area contributed by atoms with Crippen molar-refractivity contribution in [2.24, 2.45) is 17.3 Å². The average Bonchev–Trinajstić information content (AvgIpc) is 2.80. The number of hydrogen-bond donors (Lipinski definition) is 3. The zero-order valence-corrected chi connectivity index (χ0v) is 13.2. The second-order valence-electron chi connectivity index (χ2n) is 6.95. The van der Waals surface area contributed by atoms with Crippen LogP contribution in [0.15, 0.2) is 11.1 Å². The topological polar surface area (TPSA) is 110 Å². The Morgan fingerprint density at radius 1 is 1.59 bits per heavy atom. The summed E-state index contributed by atoms with van der Waals surface area (Å²) in [7, 11) is 0. The standard InChI is InChI=1S/C15H23N5O2/c1-8(21)10-6-9(15(10,2)3)4-5-20-7-17-11-12(20)18-14(16)19-13(11)22/h7-10,21H,4-6H2,1-3H3,(H3,16,18,19,22)/t8-,9+,10+/m1/s1. The number of H-pyrrole nitrogens is 1. The van der Waals surface area contributed by atoms with Gasteiger partial charge in [-0.25, -0.2) is 4.98 Å². The van der Waals surface area contributed by atoms with E-state index in [0.717, 1.165) is 19.4 Å². The molecule has 3 atom stereocenters. The van der Waals surface area contributed by atoms with Gasteiger partial charge in [-0.05, 0) is 37.0 Å². The molecule has 0 radical (unpaired) electrons. The summed E-state index contributed by atoms with van der Waals surface area (Å²) in [5, 5.41) is 9.80. The number of anilines is 1. The third kappa shape index (κ3) is 2.29. The van der Waals surface area contributed by atoms with Gasteiger partial charge in [0, 0.05) is 6.54 Å². The second kappa shape index (κ2) is 5.08. The van der Waals surface area contributed by atoms with Gasteiger partial charge in [0.1, 0.15) is 0 Å². The Bertz CT molecular complexity index is 746. The van der Waals surface area contributed by atoms with E-state index in [0.29, 0.717) is 23.0 Å². The molecule has 120 valence electrons. The lowest BCUT2D eigenvalue weighted by molar-refractivity contribution is -0.0917. The first kappa shape index (κ1) is 15.0. The van der Waals surface area contributed by atoms with Crippen LogP contribution in [0.2, 0.25) is 0 Å². The van der Waals surface area contributed by atoms with Crippen molar-refractivity contribution in [2.45, 2.75) is 46.3 Å². The smallest absolute Gasteiger partial charge is 0.280 e. The molecule has 2 heterocycles. The minimum atomic E-state index is -0.306. The number of fused-ring (bicyclic) bond motifs is 1. The van der Waals surface area contributed by atoms with Gasteiger partial charge in [0.2, 0.25) is 5.95 Å². The Kier molecular flexibility index (Phi) is 3.47. The second-order valence-corrected chi connectivity index (χ2v) is 6.95. The van der Waals surface area contributed by atoms with Gasteiger partial charge < -0.3 is 15.4 Å². The normalized spacial score (nSPS) is 25.1. The molecule has 3 rings (SSSR count). The van der Waals surface area contributed by atoms with Gasteiger partial charge in [-0.3, -0.25) is 9.78 Å². The fourth-order valence-electron chi connectivity index (χ4n) is 3.79. The summed E-state index contributed by atoms with van der Waals surface area (Å²) in [6, 6.07) is 0. The van der Waals surface area contributed by atoms with E-state index in [2.05, 4.69) is 28.8 Å². The lowest BCUT2D eigenvalue weighted by Crippen LogP contribution is -2.49. The minimum absolute atomic E-state index is 0.109. The largest absolute Gasteiger partial charge is 0.393 e. The highest BCUT2D eigenvalue weighted by molar-refractivity contribution is 5.70. The number of imidazole rings is 1. The van der Waals surface area contributed by atoms with Crippen molar-refractivity contribution in [3.63, 3.8) is 0 Å². The van der Waals surface area contributed by atoms with E-state index in [1.165, 1.54) is 0 Å². The highest BCUT2D eigenvalue weighted by Crippen LogP contribution is 2.54. The molecule has 0 amide bonds. The molecule has 0 aromatic carbocycles. The van der Waals surface area contributed by atoms with Crippen LogP contribution in [0, 0.1) is 17.3 Å². The molecule has 1 saturated carbocycles. The molecular formula is C15H23N5O2. The molecule has 22 heavy (non-hydrogen) atoms. The third-order valence-corrected chi connectivity index (χ3v) is 5.34. The summed E-state index contributed by atoms with van der Waals surface area (Å²) in [5.74, 6) is 1.01. The summed E-state index contributed by atoms with van der Waals surface area (Å²) in [6.45, 7) is 7.04. The molecule has 0 saturated heterocycles. The summed E-state index contributed by atoms with van der Waals surface area (Å²) in [5.41, 5.74) is 6.29. The van der Waals surface area contributed by atoms with Crippen LogP contribution >= 0.6 is 0 Å². The number of aromatic nitrogens is 4. The minimum Gasteiger partial charge on any atom is -0.393 e. The maximum absolute atomic E-state index is 11.8. The molecule has 7 heteroatoms. The van der Waals surface area contributed by atoms with Crippen molar-refractivity contribution in [3.8, 4) is 0 Å². The number of hydrogen-bond acceptors (Lipinski definition) is 5. The lowest BCUT2D eigenvalue weighted by atomic mass is 9.52. The summed E-state index contributed by atoms with van der Waals surface area (Å²) < 4.78 is 1.88. The molecule has 7 nitrogen and oxygen atoms in total. The van der Waals surface area contributed by atoms with Crippen molar-refractivity contribution < 1.29 is 5.11 Å². The van der Waals surface area contributed by atoms with Gasteiger partial charge >= 0.3 is 0 Å². The Labute approximate surface area is 128 Å². The van der Waals surface area contributed by atoms with Gasteiger partial charge in [0.25, 0.3) is 5.56 Å². The first-order chi connectivity index (χ1) is 10.3. The number of nitrogens with two attached hydrogens (primary N) is 1. The lowest BCUT2D eigenvalue weighted by Gasteiger charge is -2.54. The quantitative estimate of drug-likeness (QED) is 0.784. The number of aryl methyl sites for hydroxylation is 1. The number of nitrogen functional groups attached to an aromatic ring is 1. The maximum atomic E-state index is 11.8. The zero-order valence-electron chi connectivity index (χ0n) is 13.2. The Morgan fingerprint density at radius 2 is 2.32 bits per heavy atom. The van der Waals surface area contributed by atoms with E-state index in [1.807, 2.05) is 11.5 Å². The molecule has 1 aliphatic carbocycles. The molecule has 1 fully saturated rings. The number of aliphatic hydroxyl groups excluding tert-OH is 1. The Hall–Kier alpha value is -1.89. The van der Waals surface area contributed by atoms with Crippen LogP contribution in [-0.4, -0.2) is 30.7 Å². The molecule has 0 unspecified atom stereocenters. The third-order valence-electron chi connectivity index (χ3n) is 5.34. The van der Waals surface area contributed by atoms with E-state index < -0.39 is 0 Å². The highest BCUT2D eigenvalue weighted by Gasteiger charge is 2.49. The highest BCUT2D eigenvalue weighted by atomic mass is 16.3. The number of aliphatic hydroxyl groups is 1. The molecule has 1 aliphatic rings. The molecule has 2 aromatic heterocycles. The van der Waals surface area contributed by atoms with E-state index in [9.17, 15) is 9.90 Å². The van der Waals surface area contributed by atoms with Crippen molar-refractivity contribution in [2.75, 3.05) is 5.73 Å². The number of nitrogens with one attached hydrogen (secondary N) is 1. The molecule has 0 bridgehead atoms. The van der Waals surface area contributed by atoms with Gasteiger partial charge in [-0.15, -0.1) is 0 Å². The average molecular weight is 305 g/mol. The summed E-state index contributed by atoms with van der Waals surface area (Å²) in [4.78, 5) is 22.5. The first-order valence-electron chi connectivity index (χ1n) is 7.69. The Balaban J connectivity index is 1.75. The molecule has 0 aliphatic heterocycles. The van der Waals surface area contributed by atoms with Gasteiger partial charge in [-0.2, -0.15) is 4.98 Å². The number of nitrogens with zero attached hydrogens (tertiary/aromatic N) is 3. The monoisotopic (exact) mass is 305 g/mol. The molecular weight excluding hydrogens is 282 g/mol. The van der Waals surface area contributed by atoms with Gasteiger partial charge in [0.05, 0.1) is 12.4 Å². The van der Waals surface area contributed by atoms with E-state index in [1.54, 1.807) is 6.33 Å². The van der Waals surface area contributed by atoms with Crippen LogP contribution in [0.3, 0.4) is 0 Å². The van der Waals surface area contributed by atoms with Crippen LogP contribution in [0.5, 0.6) is 0 Å². The Morgan fingerprint density at radius 3 is 2.95 bits per heavy atom. The van der Waals surface area contributed by atoms with Gasteiger partial charge in [-0.1, -0.05) is 13.8 Å². The van der Waals surface area contributed by atoms with E-state index in [-0.39, 0.29) is 23.0 Å².